The van der Waals surface area contributed by atoms with Crippen LogP contribution in [0.5, 0.6) is 0 Å². The van der Waals surface area contributed by atoms with Gasteiger partial charge in [-0.1, -0.05) is 44.2 Å². The van der Waals surface area contributed by atoms with E-state index in [-0.39, 0.29) is 18.6 Å². The Bertz CT molecular complexity index is 450. The van der Waals surface area contributed by atoms with Crippen LogP contribution in [0.1, 0.15) is 51.5 Å². The van der Waals surface area contributed by atoms with Crippen molar-refractivity contribution in [2.75, 3.05) is 6.61 Å². The first kappa shape index (κ1) is 16.0. The van der Waals surface area contributed by atoms with Gasteiger partial charge in [0.05, 0.1) is 5.41 Å². The molecule has 116 valence electrons. The normalized spacial score (nSPS) is 16.5. The first-order valence-corrected chi connectivity index (χ1v) is 8.15. The molecule has 0 aliphatic heterocycles. The number of aliphatic hydroxyl groups excluding tert-OH is 1. The molecule has 1 unspecified atom stereocenters. The summed E-state index contributed by atoms with van der Waals surface area (Å²) >= 11 is 0. The smallest absolute Gasteiger partial charge is 0.230 e. The minimum absolute atomic E-state index is 0.115. The maximum atomic E-state index is 13.0. The molecule has 1 aliphatic carbocycles. The van der Waals surface area contributed by atoms with Gasteiger partial charge < -0.3 is 10.4 Å². The van der Waals surface area contributed by atoms with Gasteiger partial charge in [-0.25, -0.2) is 0 Å². The zero-order valence-corrected chi connectivity index (χ0v) is 13.1. The van der Waals surface area contributed by atoms with Gasteiger partial charge >= 0.3 is 0 Å². The monoisotopic (exact) mass is 289 g/mol. The van der Waals surface area contributed by atoms with E-state index in [9.17, 15) is 9.90 Å². The lowest BCUT2D eigenvalue weighted by molar-refractivity contribution is -0.128. The molecule has 3 nitrogen and oxygen atoms in total. The molecular weight excluding hydrogens is 262 g/mol. The molecule has 2 N–H and O–H groups in total. The van der Waals surface area contributed by atoms with Crippen LogP contribution in [0.4, 0.5) is 0 Å². The summed E-state index contributed by atoms with van der Waals surface area (Å²) in [6.45, 7) is 4.29. The van der Waals surface area contributed by atoms with E-state index in [1.165, 1.54) is 12.8 Å². The first-order valence-electron chi connectivity index (χ1n) is 8.15. The number of carbonyl (C=O) groups is 1. The first-order chi connectivity index (χ1) is 10.2. The van der Waals surface area contributed by atoms with E-state index in [0.29, 0.717) is 12.3 Å². The molecule has 1 fully saturated rings. The Labute approximate surface area is 127 Å². The Morgan fingerprint density at radius 1 is 1.29 bits per heavy atom. The highest BCUT2D eigenvalue weighted by molar-refractivity contribution is 5.88. The van der Waals surface area contributed by atoms with Crippen LogP contribution in [0, 0.1) is 5.92 Å². The zero-order valence-electron chi connectivity index (χ0n) is 13.1. The molecule has 2 rings (SSSR count). The van der Waals surface area contributed by atoms with Gasteiger partial charge in [-0.2, -0.15) is 0 Å². The van der Waals surface area contributed by atoms with Gasteiger partial charge in [-0.3, -0.25) is 4.79 Å². The Morgan fingerprint density at radius 3 is 2.38 bits per heavy atom. The summed E-state index contributed by atoms with van der Waals surface area (Å²) in [5.41, 5.74) is 0.634. The summed E-state index contributed by atoms with van der Waals surface area (Å²) in [6, 6.07) is 10.2. The molecule has 3 heteroatoms. The molecule has 0 heterocycles. The predicted octanol–water partition coefficient (Wildman–Crippen LogP) is 3.02. The lowest BCUT2D eigenvalue weighted by Crippen LogP contribution is -2.48. The SMILES string of the molecule is CCC(CC)(C(=O)NC(CCO)C1CC1)c1ccccc1. The predicted molar refractivity (Wildman–Crippen MR) is 85.1 cm³/mol. The minimum Gasteiger partial charge on any atom is -0.396 e. The van der Waals surface area contributed by atoms with Gasteiger partial charge in [0, 0.05) is 12.6 Å². The number of rotatable bonds is 8. The summed E-state index contributed by atoms with van der Waals surface area (Å²) < 4.78 is 0. The topological polar surface area (TPSA) is 49.3 Å². The largest absolute Gasteiger partial charge is 0.396 e. The van der Waals surface area contributed by atoms with Crippen LogP contribution in [0.3, 0.4) is 0 Å². The average Bonchev–Trinajstić information content (AvgIpc) is 3.34. The second-order valence-electron chi connectivity index (χ2n) is 6.08. The van der Waals surface area contributed by atoms with Gasteiger partial charge in [0.2, 0.25) is 5.91 Å². The number of nitrogens with one attached hydrogen (secondary N) is 1. The highest BCUT2D eigenvalue weighted by Crippen LogP contribution is 2.36. The standard InChI is InChI=1S/C18H27NO2/c1-3-18(4-2,15-8-6-5-7-9-15)17(21)19-16(12-13-20)14-10-11-14/h5-9,14,16,20H,3-4,10-13H2,1-2H3,(H,19,21). The second kappa shape index (κ2) is 7.08. The van der Waals surface area contributed by atoms with Crippen molar-refractivity contribution in [3.8, 4) is 0 Å². The van der Waals surface area contributed by atoms with Crippen molar-refractivity contribution in [1.29, 1.82) is 0 Å². The van der Waals surface area contributed by atoms with Crippen molar-refractivity contribution in [3.05, 3.63) is 35.9 Å². The van der Waals surface area contributed by atoms with Crippen LogP contribution in [0.15, 0.2) is 30.3 Å². The van der Waals surface area contributed by atoms with E-state index in [4.69, 9.17) is 0 Å². The van der Waals surface area contributed by atoms with Crippen LogP contribution >= 0.6 is 0 Å². The maximum absolute atomic E-state index is 13.0. The van der Waals surface area contributed by atoms with E-state index >= 15 is 0 Å². The fourth-order valence-corrected chi connectivity index (χ4v) is 3.24. The second-order valence-corrected chi connectivity index (χ2v) is 6.08. The summed E-state index contributed by atoms with van der Waals surface area (Å²) in [5.74, 6) is 0.673. The number of hydrogen-bond donors (Lipinski definition) is 2. The Balaban J connectivity index is 2.19. The van der Waals surface area contributed by atoms with E-state index in [2.05, 4.69) is 19.2 Å². The molecule has 1 atom stereocenters. The lowest BCUT2D eigenvalue weighted by atomic mass is 9.74. The van der Waals surface area contributed by atoms with Gasteiger partial charge in [-0.15, -0.1) is 0 Å². The van der Waals surface area contributed by atoms with Gasteiger partial charge in [-0.05, 0) is 43.6 Å². The fraction of sp³-hybridized carbons (Fsp3) is 0.611. The Hall–Kier alpha value is -1.35. The fourth-order valence-electron chi connectivity index (χ4n) is 3.24. The van der Waals surface area contributed by atoms with E-state index in [1.54, 1.807) is 0 Å². The summed E-state index contributed by atoms with van der Waals surface area (Å²) in [4.78, 5) is 13.0. The van der Waals surface area contributed by atoms with Gasteiger partial charge in [0.15, 0.2) is 0 Å². The van der Waals surface area contributed by atoms with Crippen LogP contribution < -0.4 is 5.32 Å². The molecule has 0 radical (unpaired) electrons. The number of amides is 1. The van der Waals surface area contributed by atoms with Crippen LogP contribution in [0.2, 0.25) is 0 Å². The number of benzene rings is 1. The highest BCUT2D eigenvalue weighted by Gasteiger charge is 2.40. The third-order valence-electron chi connectivity index (χ3n) is 4.92. The van der Waals surface area contributed by atoms with Gasteiger partial charge in [0.1, 0.15) is 0 Å². The van der Waals surface area contributed by atoms with E-state index in [0.717, 1.165) is 18.4 Å². The third kappa shape index (κ3) is 3.46. The number of hydrogen-bond acceptors (Lipinski definition) is 2. The molecule has 21 heavy (non-hydrogen) atoms. The molecule has 1 aromatic rings. The minimum atomic E-state index is -0.455. The Morgan fingerprint density at radius 2 is 1.90 bits per heavy atom. The van der Waals surface area contributed by atoms with Crippen molar-refractivity contribution in [3.63, 3.8) is 0 Å². The van der Waals surface area contributed by atoms with Crippen molar-refractivity contribution in [1.82, 2.24) is 5.32 Å². The zero-order chi connectivity index (χ0) is 15.3. The van der Waals surface area contributed by atoms with Crippen LogP contribution in [-0.4, -0.2) is 23.7 Å². The number of carbonyl (C=O) groups excluding carboxylic acids is 1. The quantitative estimate of drug-likeness (QED) is 0.773. The molecule has 0 bridgehead atoms. The van der Waals surface area contributed by atoms with Crippen LogP contribution in [-0.2, 0) is 10.2 Å². The Kier molecular flexibility index (Phi) is 5.40. The van der Waals surface area contributed by atoms with Crippen LogP contribution in [0.25, 0.3) is 0 Å². The van der Waals surface area contributed by atoms with E-state index < -0.39 is 5.41 Å². The lowest BCUT2D eigenvalue weighted by Gasteiger charge is -2.33. The molecule has 0 aromatic heterocycles. The van der Waals surface area contributed by atoms with Crippen molar-refractivity contribution >= 4 is 5.91 Å². The highest BCUT2D eigenvalue weighted by atomic mass is 16.3. The van der Waals surface area contributed by atoms with Crippen molar-refractivity contribution in [2.24, 2.45) is 5.92 Å². The molecule has 1 aromatic carbocycles. The molecule has 1 saturated carbocycles. The van der Waals surface area contributed by atoms with Gasteiger partial charge in [0.25, 0.3) is 0 Å². The molecule has 1 amide bonds. The van der Waals surface area contributed by atoms with Crippen molar-refractivity contribution < 1.29 is 9.90 Å². The summed E-state index contributed by atoms with van der Waals surface area (Å²) in [5, 5.41) is 12.4. The van der Waals surface area contributed by atoms with Crippen molar-refractivity contribution in [2.45, 2.75) is 57.4 Å². The summed E-state index contributed by atoms with van der Waals surface area (Å²) in [6.07, 6.45) is 4.57. The average molecular weight is 289 g/mol. The molecule has 0 saturated heterocycles. The maximum Gasteiger partial charge on any atom is 0.230 e. The molecular formula is C18H27NO2. The number of aliphatic hydroxyl groups is 1. The molecule has 1 aliphatic rings. The van der Waals surface area contributed by atoms with E-state index in [1.807, 2.05) is 30.3 Å². The molecule has 0 spiro atoms. The third-order valence-corrected chi connectivity index (χ3v) is 4.92. The summed E-state index contributed by atoms with van der Waals surface area (Å²) in [7, 11) is 0.